The lowest BCUT2D eigenvalue weighted by Gasteiger charge is -2.12. The second kappa shape index (κ2) is 5.38. The molecule has 0 radical (unpaired) electrons. The van der Waals surface area contributed by atoms with Crippen molar-refractivity contribution < 1.29 is 14.2 Å². The third-order valence-corrected chi connectivity index (χ3v) is 1.93. The lowest BCUT2D eigenvalue weighted by molar-refractivity contribution is 0.191. The Morgan fingerprint density at radius 3 is 2.93 bits per heavy atom. The average molecular weight is 208 g/mol. The van der Waals surface area contributed by atoms with Crippen LogP contribution < -0.4 is 4.74 Å². The molecule has 1 N–H and O–H groups in total. The summed E-state index contributed by atoms with van der Waals surface area (Å²) in [5, 5.41) is 9.40. The number of aliphatic hydroxyl groups excluding tert-OH is 1. The summed E-state index contributed by atoms with van der Waals surface area (Å²) >= 11 is 0. The second-order valence-electron chi connectivity index (χ2n) is 3.16. The van der Waals surface area contributed by atoms with Crippen LogP contribution in [0.5, 0.6) is 5.75 Å². The summed E-state index contributed by atoms with van der Waals surface area (Å²) in [6.07, 6.45) is 4.80. The van der Waals surface area contributed by atoms with Gasteiger partial charge in [-0.25, -0.2) is 4.39 Å². The third-order valence-electron chi connectivity index (χ3n) is 1.93. The van der Waals surface area contributed by atoms with E-state index in [0.29, 0.717) is 24.3 Å². The molecule has 0 aliphatic heterocycles. The van der Waals surface area contributed by atoms with E-state index in [1.54, 1.807) is 6.92 Å². The molecule has 0 bridgehead atoms. The van der Waals surface area contributed by atoms with Gasteiger partial charge in [-0.2, -0.15) is 0 Å². The van der Waals surface area contributed by atoms with Crippen molar-refractivity contribution in [2.75, 3.05) is 6.61 Å². The van der Waals surface area contributed by atoms with E-state index in [-0.39, 0.29) is 0 Å². The van der Waals surface area contributed by atoms with Crippen LogP contribution in [0.1, 0.15) is 25.0 Å². The number of halogens is 1. The van der Waals surface area contributed by atoms with Crippen LogP contribution in [0.15, 0.2) is 18.2 Å². The first-order valence-corrected chi connectivity index (χ1v) is 4.69. The minimum Gasteiger partial charge on any atom is -0.492 e. The zero-order valence-electron chi connectivity index (χ0n) is 8.53. The van der Waals surface area contributed by atoms with E-state index in [1.807, 2.05) is 0 Å². The van der Waals surface area contributed by atoms with Gasteiger partial charge in [-0.3, -0.25) is 0 Å². The maximum absolute atomic E-state index is 12.9. The number of hydrogen-bond acceptors (Lipinski definition) is 2. The summed E-state index contributed by atoms with van der Waals surface area (Å²) in [6, 6.07) is 4.04. The predicted octanol–water partition coefficient (Wildman–Crippen LogP) is 2.28. The molecule has 80 valence electrons. The first-order chi connectivity index (χ1) is 7.15. The van der Waals surface area contributed by atoms with E-state index in [0.717, 1.165) is 0 Å². The smallest absolute Gasteiger partial charge is 0.125 e. The largest absolute Gasteiger partial charge is 0.492 e. The maximum atomic E-state index is 12.9. The Balaban J connectivity index is 2.82. The molecule has 0 aliphatic rings. The van der Waals surface area contributed by atoms with Gasteiger partial charge in [0.25, 0.3) is 0 Å². The molecule has 0 fully saturated rings. The van der Waals surface area contributed by atoms with Gasteiger partial charge in [0.1, 0.15) is 11.6 Å². The summed E-state index contributed by atoms with van der Waals surface area (Å²) < 4.78 is 18.2. The number of terminal acetylenes is 1. The van der Waals surface area contributed by atoms with Gasteiger partial charge in [0, 0.05) is 12.0 Å². The van der Waals surface area contributed by atoms with Crippen molar-refractivity contribution in [1.29, 1.82) is 0 Å². The van der Waals surface area contributed by atoms with Crippen molar-refractivity contribution in [3.8, 4) is 18.1 Å². The van der Waals surface area contributed by atoms with Crippen LogP contribution in [-0.4, -0.2) is 11.7 Å². The molecule has 1 unspecified atom stereocenters. The summed E-state index contributed by atoms with van der Waals surface area (Å²) in [4.78, 5) is 0. The van der Waals surface area contributed by atoms with Crippen LogP contribution in [0.25, 0.3) is 0 Å². The van der Waals surface area contributed by atoms with E-state index in [9.17, 15) is 9.50 Å². The summed E-state index contributed by atoms with van der Waals surface area (Å²) in [6.45, 7) is 1.92. The van der Waals surface area contributed by atoms with Crippen LogP contribution in [0.4, 0.5) is 4.39 Å². The highest BCUT2D eigenvalue weighted by Gasteiger charge is 2.10. The van der Waals surface area contributed by atoms with Crippen molar-refractivity contribution in [2.24, 2.45) is 0 Å². The standard InChI is InChI=1S/C12H13FO2/c1-3-4-7-15-12-6-5-10(13)8-11(12)9(2)14/h1,5-6,8-9,14H,4,7H2,2H3. The topological polar surface area (TPSA) is 29.5 Å². The molecule has 2 nitrogen and oxygen atoms in total. The van der Waals surface area contributed by atoms with Crippen molar-refractivity contribution in [1.82, 2.24) is 0 Å². The van der Waals surface area contributed by atoms with Crippen LogP contribution in [0.2, 0.25) is 0 Å². The fourth-order valence-corrected chi connectivity index (χ4v) is 1.20. The highest BCUT2D eigenvalue weighted by atomic mass is 19.1. The van der Waals surface area contributed by atoms with E-state index < -0.39 is 11.9 Å². The molecule has 0 saturated carbocycles. The van der Waals surface area contributed by atoms with Crippen LogP contribution in [-0.2, 0) is 0 Å². The van der Waals surface area contributed by atoms with Gasteiger partial charge in [0.15, 0.2) is 0 Å². The second-order valence-corrected chi connectivity index (χ2v) is 3.16. The van der Waals surface area contributed by atoms with E-state index in [4.69, 9.17) is 11.2 Å². The lowest BCUT2D eigenvalue weighted by atomic mass is 10.1. The Labute approximate surface area is 88.7 Å². The zero-order valence-corrected chi connectivity index (χ0v) is 8.53. The van der Waals surface area contributed by atoms with Crippen molar-refractivity contribution in [3.05, 3.63) is 29.6 Å². The van der Waals surface area contributed by atoms with E-state index in [1.165, 1.54) is 18.2 Å². The quantitative estimate of drug-likeness (QED) is 0.607. The molecule has 0 heterocycles. The molecule has 1 aromatic rings. The van der Waals surface area contributed by atoms with Crippen LogP contribution in [0, 0.1) is 18.2 Å². The van der Waals surface area contributed by atoms with Crippen molar-refractivity contribution >= 4 is 0 Å². The molecule has 1 aromatic carbocycles. The maximum Gasteiger partial charge on any atom is 0.125 e. The Morgan fingerprint density at radius 2 is 2.33 bits per heavy atom. The van der Waals surface area contributed by atoms with Crippen LogP contribution in [0.3, 0.4) is 0 Å². The van der Waals surface area contributed by atoms with Gasteiger partial charge >= 0.3 is 0 Å². The molecule has 1 rings (SSSR count). The fraction of sp³-hybridized carbons (Fsp3) is 0.333. The zero-order chi connectivity index (χ0) is 11.3. The molecule has 1 atom stereocenters. The number of hydrogen-bond donors (Lipinski definition) is 1. The first kappa shape index (κ1) is 11.5. The third kappa shape index (κ3) is 3.26. The van der Waals surface area contributed by atoms with Gasteiger partial charge in [-0.15, -0.1) is 12.3 Å². The average Bonchev–Trinajstić information content (AvgIpc) is 2.20. The SMILES string of the molecule is C#CCCOc1ccc(F)cc1C(C)O. The number of aliphatic hydroxyl groups is 1. The molecule has 0 amide bonds. The monoisotopic (exact) mass is 208 g/mol. The molecule has 0 saturated heterocycles. The summed E-state index contributed by atoms with van der Waals surface area (Å²) in [5.74, 6) is 2.52. The van der Waals surface area contributed by atoms with Gasteiger partial charge in [0.05, 0.1) is 12.7 Å². The van der Waals surface area contributed by atoms with E-state index >= 15 is 0 Å². The predicted molar refractivity (Wildman–Crippen MR) is 56.0 cm³/mol. The van der Waals surface area contributed by atoms with Crippen molar-refractivity contribution in [2.45, 2.75) is 19.4 Å². The normalized spacial score (nSPS) is 11.9. The first-order valence-electron chi connectivity index (χ1n) is 4.69. The molecule has 0 aromatic heterocycles. The van der Waals surface area contributed by atoms with Gasteiger partial charge in [-0.1, -0.05) is 0 Å². The minimum absolute atomic E-state index is 0.363. The minimum atomic E-state index is -0.762. The Morgan fingerprint density at radius 1 is 1.60 bits per heavy atom. The lowest BCUT2D eigenvalue weighted by Crippen LogP contribution is -2.02. The highest BCUT2D eigenvalue weighted by Crippen LogP contribution is 2.25. The van der Waals surface area contributed by atoms with Gasteiger partial charge < -0.3 is 9.84 Å². The summed E-state index contributed by atoms with van der Waals surface area (Å²) in [5.41, 5.74) is 0.437. The molecule has 15 heavy (non-hydrogen) atoms. The van der Waals surface area contributed by atoms with E-state index in [2.05, 4.69) is 5.92 Å². The molecule has 0 aliphatic carbocycles. The summed E-state index contributed by atoms with van der Waals surface area (Å²) in [7, 11) is 0. The van der Waals surface area contributed by atoms with Crippen LogP contribution >= 0.6 is 0 Å². The molecular formula is C12H13FO2. The molecule has 3 heteroatoms. The Kier molecular flexibility index (Phi) is 4.14. The molecule has 0 spiro atoms. The number of rotatable bonds is 4. The highest BCUT2D eigenvalue weighted by molar-refractivity contribution is 5.35. The van der Waals surface area contributed by atoms with Gasteiger partial charge in [0.2, 0.25) is 0 Å². The Bertz CT molecular complexity index is 366. The molecular weight excluding hydrogens is 195 g/mol. The number of benzene rings is 1. The fourth-order valence-electron chi connectivity index (χ4n) is 1.20. The van der Waals surface area contributed by atoms with Crippen molar-refractivity contribution in [3.63, 3.8) is 0 Å². The Hall–Kier alpha value is -1.53. The van der Waals surface area contributed by atoms with Gasteiger partial charge in [-0.05, 0) is 25.1 Å². The number of ether oxygens (including phenoxy) is 1.